The molecule has 0 unspecified atom stereocenters. The van der Waals surface area contributed by atoms with Crippen LogP contribution in [0.5, 0.6) is 0 Å². The number of likely N-dealkylation sites (tertiary alicyclic amines) is 1. The molecule has 0 spiro atoms. The van der Waals surface area contributed by atoms with Crippen LogP contribution in [0.1, 0.15) is 40.0 Å². The lowest BCUT2D eigenvalue weighted by Crippen LogP contribution is -2.48. The first-order valence-electron chi connectivity index (χ1n) is 7.04. The van der Waals surface area contributed by atoms with Crippen molar-refractivity contribution < 1.29 is 4.79 Å². The highest BCUT2D eigenvalue weighted by Crippen LogP contribution is 2.29. The van der Waals surface area contributed by atoms with Gasteiger partial charge in [0.15, 0.2) is 0 Å². The van der Waals surface area contributed by atoms with E-state index in [9.17, 15) is 4.79 Å². The third-order valence-electron chi connectivity index (χ3n) is 3.95. The molecule has 0 radical (unpaired) electrons. The Kier molecular flexibility index (Phi) is 5.60. The van der Waals surface area contributed by atoms with Crippen LogP contribution in [0.25, 0.3) is 0 Å². The molecule has 1 saturated heterocycles. The van der Waals surface area contributed by atoms with Crippen LogP contribution in [-0.2, 0) is 4.79 Å². The molecule has 4 nitrogen and oxygen atoms in total. The molecule has 1 atom stereocenters. The van der Waals surface area contributed by atoms with Crippen molar-refractivity contribution in [3.05, 3.63) is 0 Å². The second-order valence-corrected chi connectivity index (χ2v) is 6.57. The fourth-order valence-electron chi connectivity index (χ4n) is 2.38. The molecule has 0 aromatic heterocycles. The molecule has 1 aliphatic heterocycles. The Hall–Kier alpha value is -0.610. The van der Waals surface area contributed by atoms with E-state index in [2.05, 4.69) is 38.0 Å². The molecule has 4 heteroatoms. The number of rotatable bonds is 5. The Balaban J connectivity index is 2.33. The van der Waals surface area contributed by atoms with Gasteiger partial charge in [-0.2, -0.15) is 0 Å². The molecule has 1 aliphatic rings. The largest absolute Gasteiger partial charge is 0.354 e. The summed E-state index contributed by atoms with van der Waals surface area (Å²) in [5.74, 6) is 0.466. The van der Waals surface area contributed by atoms with Crippen LogP contribution in [0.3, 0.4) is 0 Å². The smallest absolute Gasteiger partial charge is 0.236 e. The fourth-order valence-corrected chi connectivity index (χ4v) is 2.38. The van der Waals surface area contributed by atoms with Crippen LogP contribution in [0.2, 0.25) is 0 Å². The highest BCUT2D eigenvalue weighted by atomic mass is 16.2. The predicted molar refractivity (Wildman–Crippen MR) is 75.3 cm³/mol. The quantitative estimate of drug-likeness (QED) is 0.776. The molecular weight excluding hydrogens is 226 g/mol. The van der Waals surface area contributed by atoms with Crippen LogP contribution < -0.4 is 11.1 Å². The Labute approximate surface area is 111 Å². The summed E-state index contributed by atoms with van der Waals surface area (Å²) in [6, 6.07) is -0.361. The number of amides is 1. The van der Waals surface area contributed by atoms with Crippen LogP contribution >= 0.6 is 0 Å². The fraction of sp³-hybridized carbons (Fsp3) is 0.929. The standard InChI is InChI=1S/C14H29N3O/c1-11(2)9-12(15)13(18)16-10-14(3)5-7-17(4)8-6-14/h11-12H,5-10,15H2,1-4H3,(H,16,18)/t12-/m0/s1. The minimum atomic E-state index is -0.361. The normalized spacial score (nSPS) is 21.9. The van der Waals surface area contributed by atoms with E-state index >= 15 is 0 Å². The summed E-state index contributed by atoms with van der Waals surface area (Å²) in [5, 5.41) is 3.03. The van der Waals surface area contributed by atoms with E-state index in [1.54, 1.807) is 0 Å². The number of hydrogen-bond donors (Lipinski definition) is 2. The molecule has 0 aromatic carbocycles. The number of nitrogens with zero attached hydrogens (tertiary/aromatic N) is 1. The maximum atomic E-state index is 11.9. The molecule has 3 N–H and O–H groups in total. The van der Waals surface area contributed by atoms with Crippen molar-refractivity contribution >= 4 is 5.91 Å². The van der Waals surface area contributed by atoms with Crippen molar-refractivity contribution in [3.63, 3.8) is 0 Å². The van der Waals surface area contributed by atoms with E-state index in [1.165, 1.54) is 0 Å². The summed E-state index contributed by atoms with van der Waals surface area (Å²) in [6.07, 6.45) is 3.04. The average Bonchev–Trinajstić information content (AvgIpc) is 2.29. The molecule has 1 amide bonds. The van der Waals surface area contributed by atoms with Gasteiger partial charge in [-0.25, -0.2) is 0 Å². The molecule has 0 saturated carbocycles. The van der Waals surface area contributed by atoms with Gasteiger partial charge in [0, 0.05) is 6.54 Å². The molecule has 0 bridgehead atoms. The minimum absolute atomic E-state index is 0.00357. The van der Waals surface area contributed by atoms with Crippen molar-refractivity contribution in [1.29, 1.82) is 0 Å². The van der Waals surface area contributed by atoms with Crippen molar-refractivity contribution in [2.45, 2.75) is 46.1 Å². The van der Waals surface area contributed by atoms with Crippen LogP contribution in [0, 0.1) is 11.3 Å². The first-order chi connectivity index (χ1) is 8.32. The lowest BCUT2D eigenvalue weighted by molar-refractivity contribution is -0.123. The van der Waals surface area contributed by atoms with Gasteiger partial charge in [0.2, 0.25) is 5.91 Å². The first-order valence-corrected chi connectivity index (χ1v) is 7.04. The van der Waals surface area contributed by atoms with Crippen molar-refractivity contribution in [2.75, 3.05) is 26.7 Å². The van der Waals surface area contributed by atoms with Crippen LogP contribution in [0.15, 0.2) is 0 Å². The van der Waals surface area contributed by atoms with Gasteiger partial charge in [-0.15, -0.1) is 0 Å². The van der Waals surface area contributed by atoms with Gasteiger partial charge in [-0.3, -0.25) is 4.79 Å². The highest BCUT2D eigenvalue weighted by molar-refractivity contribution is 5.81. The lowest BCUT2D eigenvalue weighted by atomic mass is 9.80. The summed E-state index contributed by atoms with van der Waals surface area (Å²) >= 11 is 0. The topological polar surface area (TPSA) is 58.4 Å². The molecule has 1 heterocycles. The minimum Gasteiger partial charge on any atom is -0.354 e. The molecule has 0 aliphatic carbocycles. The molecular formula is C14H29N3O. The average molecular weight is 255 g/mol. The summed E-state index contributed by atoms with van der Waals surface area (Å²) in [6.45, 7) is 9.42. The first kappa shape index (κ1) is 15.4. The summed E-state index contributed by atoms with van der Waals surface area (Å²) < 4.78 is 0. The molecule has 106 valence electrons. The molecule has 1 fully saturated rings. The van der Waals surface area contributed by atoms with Crippen molar-refractivity contribution in [1.82, 2.24) is 10.2 Å². The van der Waals surface area contributed by atoms with Gasteiger partial charge in [-0.1, -0.05) is 20.8 Å². The van der Waals surface area contributed by atoms with Gasteiger partial charge >= 0.3 is 0 Å². The van der Waals surface area contributed by atoms with Crippen LogP contribution in [0.4, 0.5) is 0 Å². The second-order valence-electron chi connectivity index (χ2n) is 6.57. The number of carbonyl (C=O) groups is 1. The van der Waals surface area contributed by atoms with E-state index in [4.69, 9.17) is 5.73 Å². The Morgan fingerprint density at radius 3 is 2.44 bits per heavy atom. The number of piperidine rings is 1. The summed E-state index contributed by atoms with van der Waals surface area (Å²) in [5.41, 5.74) is 6.11. The summed E-state index contributed by atoms with van der Waals surface area (Å²) in [7, 11) is 2.15. The maximum Gasteiger partial charge on any atom is 0.236 e. The zero-order valence-corrected chi connectivity index (χ0v) is 12.3. The number of hydrogen-bond acceptors (Lipinski definition) is 3. The van der Waals surface area contributed by atoms with E-state index in [-0.39, 0.29) is 17.4 Å². The third kappa shape index (κ3) is 4.94. The maximum absolute atomic E-state index is 11.9. The van der Waals surface area contributed by atoms with E-state index < -0.39 is 0 Å². The second kappa shape index (κ2) is 6.53. The Morgan fingerprint density at radius 1 is 1.39 bits per heavy atom. The van der Waals surface area contributed by atoms with Gasteiger partial charge in [0.05, 0.1) is 6.04 Å². The zero-order chi connectivity index (χ0) is 13.8. The monoisotopic (exact) mass is 255 g/mol. The number of nitrogens with one attached hydrogen (secondary N) is 1. The molecule has 1 rings (SSSR count). The Bertz CT molecular complexity index is 270. The van der Waals surface area contributed by atoms with Crippen molar-refractivity contribution in [3.8, 4) is 0 Å². The number of carbonyl (C=O) groups excluding carboxylic acids is 1. The van der Waals surface area contributed by atoms with E-state index in [1.807, 2.05) is 0 Å². The Morgan fingerprint density at radius 2 is 1.94 bits per heavy atom. The van der Waals surface area contributed by atoms with Gasteiger partial charge in [0.25, 0.3) is 0 Å². The summed E-state index contributed by atoms with van der Waals surface area (Å²) in [4.78, 5) is 14.2. The molecule has 18 heavy (non-hydrogen) atoms. The van der Waals surface area contributed by atoms with Gasteiger partial charge < -0.3 is 16.0 Å². The van der Waals surface area contributed by atoms with Gasteiger partial charge in [0.1, 0.15) is 0 Å². The predicted octanol–water partition coefficient (Wildman–Crippen LogP) is 1.21. The third-order valence-corrected chi connectivity index (χ3v) is 3.95. The van der Waals surface area contributed by atoms with Crippen molar-refractivity contribution in [2.24, 2.45) is 17.1 Å². The van der Waals surface area contributed by atoms with E-state index in [0.29, 0.717) is 5.92 Å². The highest BCUT2D eigenvalue weighted by Gasteiger charge is 2.29. The zero-order valence-electron chi connectivity index (χ0n) is 12.3. The molecule has 0 aromatic rings. The van der Waals surface area contributed by atoms with E-state index in [0.717, 1.165) is 38.9 Å². The lowest BCUT2D eigenvalue weighted by Gasteiger charge is -2.38. The van der Waals surface area contributed by atoms with Crippen LogP contribution in [-0.4, -0.2) is 43.5 Å². The van der Waals surface area contributed by atoms with Gasteiger partial charge in [-0.05, 0) is 50.7 Å². The SMILES string of the molecule is CC(C)C[C@H](N)C(=O)NCC1(C)CCN(C)CC1. The number of nitrogens with two attached hydrogens (primary N) is 1.